The van der Waals surface area contributed by atoms with Gasteiger partial charge in [0.1, 0.15) is 6.61 Å². The Balaban J connectivity index is 1.84. The maximum absolute atomic E-state index is 16.8. The highest BCUT2D eigenvalue weighted by Crippen LogP contribution is 2.69. The van der Waals surface area contributed by atoms with E-state index in [1.54, 1.807) is 13.8 Å². The van der Waals surface area contributed by atoms with E-state index in [1.807, 2.05) is 0 Å². The van der Waals surface area contributed by atoms with Gasteiger partial charge in [-0.1, -0.05) is 18.6 Å². The number of rotatable bonds is 2. The van der Waals surface area contributed by atoms with Gasteiger partial charge in [-0.05, 0) is 50.7 Å². The molecule has 4 aliphatic carbocycles. The van der Waals surface area contributed by atoms with Gasteiger partial charge >= 0.3 is 0 Å². The molecule has 4 N–H and O–H groups in total. The molecule has 0 aromatic carbocycles. The van der Waals surface area contributed by atoms with E-state index in [4.69, 9.17) is 0 Å². The molecule has 0 aromatic heterocycles. The van der Waals surface area contributed by atoms with Crippen molar-refractivity contribution in [3.8, 4) is 0 Å². The SMILES string of the molecule is C[C@]12C=CC(=O)C=C1CC[C@H]1C3C[C@@H](O)[C@](O)(C(=O)CO)[C@@]3(C)C[C@H](O)[C@@]12F. The number of alkyl halides is 1. The number of hydrogen-bond acceptors (Lipinski definition) is 6. The van der Waals surface area contributed by atoms with Crippen molar-refractivity contribution in [3.05, 3.63) is 23.8 Å². The molecule has 7 heteroatoms. The van der Waals surface area contributed by atoms with E-state index < -0.39 is 58.5 Å². The van der Waals surface area contributed by atoms with Crippen molar-refractivity contribution in [1.29, 1.82) is 0 Å². The number of halogens is 1. The second-order valence-electron chi connectivity index (χ2n) is 9.36. The van der Waals surface area contributed by atoms with Gasteiger partial charge in [0.25, 0.3) is 0 Å². The smallest absolute Gasteiger partial charge is 0.192 e. The second kappa shape index (κ2) is 5.81. The van der Waals surface area contributed by atoms with Gasteiger partial charge in [0.15, 0.2) is 22.8 Å². The molecule has 4 aliphatic rings. The fourth-order valence-electron chi connectivity index (χ4n) is 6.85. The van der Waals surface area contributed by atoms with Gasteiger partial charge < -0.3 is 20.4 Å². The summed E-state index contributed by atoms with van der Waals surface area (Å²) in [5, 5.41) is 42.1. The molecular formula is C21H27FO6. The van der Waals surface area contributed by atoms with Gasteiger partial charge in [0.05, 0.1) is 12.2 Å². The van der Waals surface area contributed by atoms with Crippen molar-refractivity contribution >= 4 is 11.6 Å². The summed E-state index contributed by atoms with van der Waals surface area (Å²) in [6.45, 7) is 2.33. The zero-order valence-electron chi connectivity index (χ0n) is 16.1. The van der Waals surface area contributed by atoms with Crippen LogP contribution in [0, 0.1) is 22.7 Å². The number of hydrogen-bond donors (Lipinski definition) is 4. The highest BCUT2D eigenvalue weighted by atomic mass is 19.1. The van der Waals surface area contributed by atoms with Gasteiger partial charge in [-0.25, -0.2) is 4.39 Å². The zero-order chi connectivity index (χ0) is 20.7. The average molecular weight is 394 g/mol. The van der Waals surface area contributed by atoms with Crippen LogP contribution in [0.5, 0.6) is 0 Å². The minimum Gasteiger partial charge on any atom is -0.390 e. The maximum atomic E-state index is 16.8. The van der Waals surface area contributed by atoms with Crippen LogP contribution in [0.15, 0.2) is 23.8 Å². The van der Waals surface area contributed by atoms with Crippen LogP contribution in [0.3, 0.4) is 0 Å². The van der Waals surface area contributed by atoms with Crippen molar-refractivity contribution in [2.24, 2.45) is 22.7 Å². The quantitative estimate of drug-likeness (QED) is 0.546. The lowest BCUT2D eigenvalue weighted by Gasteiger charge is -2.62. The number of fused-ring (bicyclic) bond motifs is 5. The van der Waals surface area contributed by atoms with Crippen molar-refractivity contribution in [1.82, 2.24) is 0 Å². The maximum Gasteiger partial charge on any atom is 0.192 e. The topological polar surface area (TPSA) is 115 Å². The Labute approximate surface area is 162 Å². The molecule has 3 saturated carbocycles. The number of aliphatic hydroxyl groups is 4. The zero-order valence-corrected chi connectivity index (χ0v) is 16.1. The number of ketones is 2. The Kier molecular flexibility index (Phi) is 4.13. The Bertz CT molecular complexity index is 807. The summed E-state index contributed by atoms with van der Waals surface area (Å²) < 4.78 is 16.8. The van der Waals surface area contributed by atoms with Crippen LogP contribution in [-0.2, 0) is 9.59 Å². The predicted octanol–water partition coefficient (Wildman–Crippen LogP) is 0.620. The van der Waals surface area contributed by atoms with Gasteiger partial charge in [0, 0.05) is 16.7 Å². The summed E-state index contributed by atoms with van der Waals surface area (Å²) in [7, 11) is 0. The molecular weight excluding hydrogens is 367 g/mol. The number of carbonyl (C=O) groups excluding carboxylic acids is 2. The van der Waals surface area contributed by atoms with Gasteiger partial charge in [0.2, 0.25) is 0 Å². The third-order valence-electron chi connectivity index (χ3n) is 8.43. The number of aliphatic hydroxyl groups excluding tert-OH is 3. The van der Waals surface area contributed by atoms with E-state index in [0.717, 1.165) is 0 Å². The molecule has 28 heavy (non-hydrogen) atoms. The van der Waals surface area contributed by atoms with Crippen molar-refractivity contribution in [3.63, 3.8) is 0 Å². The lowest BCUT2D eigenvalue weighted by atomic mass is 9.44. The lowest BCUT2D eigenvalue weighted by Crippen LogP contribution is -2.69. The largest absolute Gasteiger partial charge is 0.390 e. The first-order valence-corrected chi connectivity index (χ1v) is 9.82. The van der Waals surface area contributed by atoms with Crippen LogP contribution >= 0.6 is 0 Å². The Morgan fingerprint density at radius 3 is 2.57 bits per heavy atom. The Morgan fingerprint density at radius 1 is 1.25 bits per heavy atom. The number of Topliss-reactive ketones (excluding diaryl/α,β-unsaturated/α-hetero) is 1. The summed E-state index contributed by atoms with van der Waals surface area (Å²) in [4.78, 5) is 24.2. The normalized spacial score (nSPS) is 52.5. The molecule has 8 atom stereocenters. The van der Waals surface area contributed by atoms with Crippen LogP contribution in [0.25, 0.3) is 0 Å². The standard InChI is InChI=1S/C21H27FO6/c1-18-6-5-12(24)7-11(18)3-4-13-14-8-15(25)21(28,17(27)10-23)19(14,2)9-16(26)20(13,18)22/h5-7,13-16,23,25-26,28H,3-4,8-10H2,1-2H3/t13-,14?,15+,16-,18-,19-,20-,21-/m0/s1. The summed E-state index contributed by atoms with van der Waals surface area (Å²) in [6, 6.07) is 0. The average Bonchev–Trinajstić information content (AvgIpc) is 2.84. The van der Waals surface area contributed by atoms with E-state index in [1.165, 1.54) is 18.2 Å². The highest BCUT2D eigenvalue weighted by molar-refractivity contribution is 6.01. The molecule has 3 fully saturated rings. The van der Waals surface area contributed by atoms with Crippen LogP contribution < -0.4 is 0 Å². The monoisotopic (exact) mass is 394 g/mol. The van der Waals surface area contributed by atoms with Crippen molar-refractivity contribution in [2.75, 3.05) is 6.61 Å². The van der Waals surface area contributed by atoms with E-state index in [0.29, 0.717) is 18.4 Å². The van der Waals surface area contributed by atoms with Gasteiger partial charge in [-0.2, -0.15) is 0 Å². The predicted molar refractivity (Wildman–Crippen MR) is 96.8 cm³/mol. The van der Waals surface area contributed by atoms with Crippen LogP contribution in [0.4, 0.5) is 4.39 Å². The molecule has 0 radical (unpaired) electrons. The molecule has 0 spiro atoms. The molecule has 0 bridgehead atoms. The first kappa shape index (κ1) is 19.9. The minimum atomic E-state index is -2.23. The van der Waals surface area contributed by atoms with Crippen molar-refractivity contribution in [2.45, 2.75) is 63.0 Å². The van der Waals surface area contributed by atoms with Crippen molar-refractivity contribution < 1.29 is 34.4 Å². The summed E-state index contributed by atoms with van der Waals surface area (Å²) >= 11 is 0. The molecule has 0 amide bonds. The molecule has 0 saturated heterocycles. The molecule has 6 nitrogen and oxygen atoms in total. The molecule has 0 aliphatic heterocycles. The third kappa shape index (κ3) is 2.01. The Morgan fingerprint density at radius 2 is 1.93 bits per heavy atom. The highest BCUT2D eigenvalue weighted by Gasteiger charge is 2.76. The van der Waals surface area contributed by atoms with Crippen LogP contribution in [0.2, 0.25) is 0 Å². The lowest BCUT2D eigenvalue weighted by molar-refractivity contribution is -0.222. The Hall–Kier alpha value is -1.41. The fraction of sp³-hybridized carbons (Fsp3) is 0.714. The van der Waals surface area contributed by atoms with E-state index in [2.05, 4.69) is 0 Å². The molecule has 4 rings (SSSR count). The first-order chi connectivity index (χ1) is 13.0. The number of carbonyl (C=O) groups is 2. The van der Waals surface area contributed by atoms with E-state index in [-0.39, 0.29) is 18.6 Å². The minimum absolute atomic E-state index is 0.0135. The molecule has 154 valence electrons. The van der Waals surface area contributed by atoms with Gasteiger partial charge in [-0.15, -0.1) is 0 Å². The van der Waals surface area contributed by atoms with Gasteiger partial charge in [-0.3, -0.25) is 9.59 Å². The summed E-state index contributed by atoms with van der Waals surface area (Å²) in [5.41, 5.74) is -6.12. The van der Waals surface area contributed by atoms with E-state index >= 15 is 4.39 Å². The van der Waals surface area contributed by atoms with Crippen LogP contribution in [-0.4, -0.2) is 62.1 Å². The molecule has 1 unspecified atom stereocenters. The number of allylic oxidation sites excluding steroid dienone is 4. The first-order valence-electron chi connectivity index (χ1n) is 9.82. The fourth-order valence-corrected chi connectivity index (χ4v) is 6.85. The molecule has 0 heterocycles. The molecule has 0 aromatic rings. The third-order valence-corrected chi connectivity index (χ3v) is 8.43. The van der Waals surface area contributed by atoms with Crippen LogP contribution in [0.1, 0.15) is 39.5 Å². The van der Waals surface area contributed by atoms with E-state index in [9.17, 15) is 30.0 Å². The summed E-state index contributed by atoms with van der Waals surface area (Å²) in [5.74, 6) is -2.38. The summed E-state index contributed by atoms with van der Waals surface area (Å²) in [6.07, 6.45) is 1.93. The second-order valence-corrected chi connectivity index (χ2v) is 9.36.